The molecule has 0 saturated carbocycles. The molecular weight excluding hydrogens is 366 g/mol. The van der Waals surface area contributed by atoms with Gasteiger partial charge in [-0.05, 0) is 41.8 Å². The molecule has 1 atom stereocenters. The van der Waals surface area contributed by atoms with Crippen LogP contribution in [-0.2, 0) is 20.8 Å². The summed E-state index contributed by atoms with van der Waals surface area (Å²) in [7, 11) is 0. The number of anilines is 1. The van der Waals surface area contributed by atoms with Crippen molar-refractivity contribution in [2.24, 2.45) is 0 Å². The molecule has 2 aromatic rings. The molecule has 0 aliphatic carbocycles. The van der Waals surface area contributed by atoms with Crippen molar-refractivity contribution < 1.29 is 14.4 Å². The maximum absolute atomic E-state index is 12.7. The molecule has 1 heterocycles. The smallest absolute Gasteiger partial charge is 0.226 e. The summed E-state index contributed by atoms with van der Waals surface area (Å²) < 4.78 is 0. The molecule has 6 nitrogen and oxygen atoms in total. The first kappa shape index (κ1) is 20.3. The van der Waals surface area contributed by atoms with Crippen LogP contribution in [0.4, 0.5) is 5.69 Å². The first-order chi connectivity index (χ1) is 14.0. The second-order valence-electron chi connectivity index (χ2n) is 6.97. The van der Waals surface area contributed by atoms with Crippen LogP contribution in [0.3, 0.4) is 0 Å². The van der Waals surface area contributed by atoms with Crippen molar-refractivity contribution in [2.75, 3.05) is 11.9 Å². The molecule has 0 saturated heterocycles. The second-order valence-corrected chi connectivity index (χ2v) is 6.97. The Balaban J connectivity index is 1.67. The summed E-state index contributed by atoms with van der Waals surface area (Å²) in [6.07, 6.45) is 4.08. The fraction of sp³-hybridized carbons (Fsp3) is 0.261. The molecule has 0 spiro atoms. The monoisotopic (exact) mass is 391 g/mol. The van der Waals surface area contributed by atoms with E-state index >= 15 is 0 Å². The van der Waals surface area contributed by atoms with Crippen LogP contribution in [0.1, 0.15) is 43.0 Å². The molecule has 0 aromatic heterocycles. The van der Waals surface area contributed by atoms with Gasteiger partial charge in [-0.1, -0.05) is 36.4 Å². The highest BCUT2D eigenvalue weighted by Gasteiger charge is 2.28. The number of amides is 3. The molecule has 29 heavy (non-hydrogen) atoms. The summed E-state index contributed by atoms with van der Waals surface area (Å²) in [6, 6.07) is 14.6. The lowest BCUT2D eigenvalue weighted by Crippen LogP contribution is -2.33. The third-order valence-electron chi connectivity index (χ3n) is 4.82. The normalized spacial score (nSPS) is 14.8. The minimum atomic E-state index is -0.342. The SMILES string of the molecule is CCNC(=O)Cc1ccc(NC(=O)C[C@@H]2c3ccccc3C=CN2C(C)=O)cc1. The van der Waals surface area contributed by atoms with E-state index in [9.17, 15) is 14.4 Å². The molecule has 0 radical (unpaired) electrons. The summed E-state index contributed by atoms with van der Waals surface area (Å²) in [5.74, 6) is -0.316. The number of likely N-dealkylation sites (N-methyl/N-ethyl adjacent to an activating group) is 1. The zero-order chi connectivity index (χ0) is 20.8. The van der Waals surface area contributed by atoms with Gasteiger partial charge in [0, 0.05) is 25.4 Å². The van der Waals surface area contributed by atoms with Gasteiger partial charge in [0.25, 0.3) is 0 Å². The van der Waals surface area contributed by atoms with E-state index in [-0.39, 0.29) is 30.2 Å². The molecule has 2 N–H and O–H groups in total. The minimum absolute atomic E-state index is 0.0300. The van der Waals surface area contributed by atoms with Gasteiger partial charge in [0.05, 0.1) is 18.9 Å². The standard InChI is InChI=1S/C23H25N3O3/c1-3-24-22(28)14-17-8-10-19(11-9-17)25-23(29)15-21-20-7-5-4-6-18(20)12-13-26(21)16(2)27/h4-13,21H,3,14-15H2,1-2H3,(H,24,28)(H,25,29)/t21-/m1/s1. The molecular formula is C23H25N3O3. The topological polar surface area (TPSA) is 78.5 Å². The number of benzene rings is 2. The van der Waals surface area contributed by atoms with Crippen molar-refractivity contribution in [3.8, 4) is 0 Å². The van der Waals surface area contributed by atoms with Crippen LogP contribution in [0.15, 0.2) is 54.7 Å². The Kier molecular flexibility index (Phi) is 6.44. The predicted molar refractivity (Wildman–Crippen MR) is 113 cm³/mol. The van der Waals surface area contributed by atoms with Gasteiger partial charge < -0.3 is 15.5 Å². The van der Waals surface area contributed by atoms with Crippen molar-refractivity contribution in [1.82, 2.24) is 10.2 Å². The fourth-order valence-corrected chi connectivity index (χ4v) is 3.45. The van der Waals surface area contributed by atoms with Crippen molar-refractivity contribution in [3.63, 3.8) is 0 Å². The van der Waals surface area contributed by atoms with E-state index in [0.717, 1.165) is 16.7 Å². The lowest BCUT2D eigenvalue weighted by atomic mass is 9.93. The van der Waals surface area contributed by atoms with E-state index < -0.39 is 0 Å². The average Bonchev–Trinajstić information content (AvgIpc) is 2.69. The summed E-state index contributed by atoms with van der Waals surface area (Å²) in [5.41, 5.74) is 3.50. The number of nitrogens with zero attached hydrogens (tertiary/aromatic N) is 1. The first-order valence-electron chi connectivity index (χ1n) is 9.69. The van der Waals surface area contributed by atoms with Gasteiger partial charge in [-0.25, -0.2) is 0 Å². The van der Waals surface area contributed by atoms with Crippen LogP contribution in [0.2, 0.25) is 0 Å². The van der Waals surface area contributed by atoms with E-state index in [0.29, 0.717) is 18.7 Å². The number of fused-ring (bicyclic) bond motifs is 1. The van der Waals surface area contributed by atoms with Gasteiger partial charge in [0.2, 0.25) is 17.7 Å². The van der Waals surface area contributed by atoms with E-state index in [1.54, 1.807) is 23.2 Å². The highest BCUT2D eigenvalue weighted by molar-refractivity contribution is 5.92. The molecule has 6 heteroatoms. The summed E-state index contributed by atoms with van der Waals surface area (Å²) in [4.78, 5) is 38.0. The summed E-state index contributed by atoms with van der Waals surface area (Å²) in [6.45, 7) is 3.98. The molecule has 3 rings (SSSR count). The third-order valence-corrected chi connectivity index (χ3v) is 4.82. The molecule has 0 unspecified atom stereocenters. The highest BCUT2D eigenvalue weighted by atomic mass is 16.2. The number of hydrogen-bond acceptors (Lipinski definition) is 3. The molecule has 2 aromatic carbocycles. The van der Waals surface area contributed by atoms with Gasteiger partial charge in [0.1, 0.15) is 0 Å². The Hall–Kier alpha value is -3.41. The Morgan fingerprint density at radius 2 is 1.72 bits per heavy atom. The van der Waals surface area contributed by atoms with Gasteiger partial charge >= 0.3 is 0 Å². The zero-order valence-corrected chi connectivity index (χ0v) is 16.6. The molecule has 0 fully saturated rings. The van der Waals surface area contributed by atoms with E-state index in [2.05, 4.69) is 10.6 Å². The van der Waals surface area contributed by atoms with Crippen LogP contribution in [-0.4, -0.2) is 29.2 Å². The van der Waals surface area contributed by atoms with Crippen LogP contribution < -0.4 is 10.6 Å². The molecule has 0 bridgehead atoms. The van der Waals surface area contributed by atoms with Gasteiger partial charge in [-0.15, -0.1) is 0 Å². The van der Waals surface area contributed by atoms with Gasteiger partial charge in [0.15, 0.2) is 0 Å². The van der Waals surface area contributed by atoms with Crippen LogP contribution in [0.25, 0.3) is 6.08 Å². The Morgan fingerprint density at radius 1 is 1.00 bits per heavy atom. The fourth-order valence-electron chi connectivity index (χ4n) is 3.45. The number of nitrogens with one attached hydrogen (secondary N) is 2. The predicted octanol–water partition coefficient (Wildman–Crippen LogP) is 3.27. The molecule has 150 valence electrons. The zero-order valence-electron chi connectivity index (χ0n) is 16.6. The number of rotatable bonds is 6. The van der Waals surface area contributed by atoms with Crippen molar-refractivity contribution in [2.45, 2.75) is 32.7 Å². The van der Waals surface area contributed by atoms with E-state index in [1.807, 2.05) is 49.4 Å². The van der Waals surface area contributed by atoms with Crippen LogP contribution in [0.5, 0.6) is 0 Å². The largest absolute Gasteiger partial charge is 0.356 e. The highest BCUT2D eigenvalue weighted by Crippen LogP contribution is 2.33. The summed E-state index contributed by atoms with van der Waals surface area (Å²) >= 11 is 0. The van der Waals surface area contributed by atoms with Crippen LogP contribution >= 0.6 is 0 Å². The maximum atomic E-state index is 12.7. The Morgan fingerprint density at radius 3 is 2.41 bits per heavy atom. The van der Waals surface area contributed by atoms with Crippen LogP contribution in [0, 0.1) is 0 Å². The van der Waals surface area contributed by atoms with E-state index in [1.165, 1.54) is 6.92 Å². The lowest BCUT2D eigenvalue weighted by molar-refractivity contribution is -0.129. The number of carbonyl (C=O) groups excluding carboxylic acids is 3. The Bertz CT molecular complexity index is 935. The van der Waals surface area contributed by atoms with E-state index in [4.69, 9.17) is 0 Å². The van der Waals surface area contributed by atoms with Gasteiger partial charge in [-0.3, -0.25) is 14.4 Å². The minimum Gasteiger partial charge on any atom is -0.356 e. The van der Waals surface area contributed by atoms with Crippen molar-refractivity contribution in [1.29, 1.82) is 0 Å². The van der Waals surface area contributed by atoms with Gasteiger partial charge in [-0.2, -0.15) is 0 Å². The molecule has 3 amide bonds. The lowest BCUT2D eigenvalue weighted by Gasteiger charge is -2.32. The maximum Gasteiger partial charge on any atom is 0.226 e. The molecule has 1 aliphatic heterocycles. The second kappa shape index (κ2) is 9.19. The number of hydrogen-bond donors (Lipinski definition) is 2. The number of carbonyl (C=O) groups is 3. The molecule has 1 aliphatic rings. The van der Waals surface area contributed by atoms with Crippen molar-refractivity contribution >= 4 is 29.5 Å². The Labute approximate surface area is 170 Å². The van der Waals surface area contributed by atoms with Crippen molar-refractivity contribution in [3.05, 3.63) is 71.4 Å². The first-order valence-corrected chi connectivity index (χ1v) is 9.69. The average molecular weight is 391 g/mol. The summed E-state index contributed by atoms with van der Waals surface area (Å²) in [5, 5.41) is 5.64. The third kappa shape index (κ3) is 5.10. The quantitative estimate of drug-likeness (QED) is 0.793.